The topological polar surface area (TPSA) is 55.1 Å². The molecule has 3 aromatic carbocycles. The van der Waals surface area contributed by atoms with E-state index in [1.165, 1.54) is 12.1 Å². The first-order valence-electron chi connectivity index (χ1n) is 8.29. The molecule has 0 aliphatic carbocycles. The summed E-state index contributed by atoms with van der Waals surface area (Å²) in [5.41, 5.74) is 1.14. The van der Waals surface area contributed by atoms with E-state index in [4.69, 9.17) is 4.52 Å². The molecule has 27 heavy (non-hydrogen) atoms. The van der Waals surface area contributed by atoms with E-state index in [2.05, 4.69) is 10.5 Å². The zero-order chi connectivity index (χ0) is 18.8. The van der Waals surface area contributed by atoms with Crippen molar-refractivity contribution in [3.63, 3.8) is 0 Å². The van der Waals surface area contributed by atoms with Gasteiger partial charge in [0.05, 0.1) is 17.7 Å². The summed E-state index contributed by atoms with van der Waals surface area (Å²) in [6.45, 7) is 0. The predicted octanol–water partition coefficient (Wildman–Crippen LogP) is 4.95. The van der Waals surface area contributed by atoms with Crippen molar-refractivity contribution >= 4 is 22.4 Å². The molecule has 0 fully saturated rings. The molecule has 1 aromatic heterocycles. The van der Waals surface area contributed by atoms with Crippen molar-refractivity contribution < 1.29 is 18.1 Å². The van der Waals surface area contributed by atoms with Gasteiger partial charge in [0.2, 0.25) is 5.91 Å². The molecule has 0 saturated carbocycles. The van der Waals surface area contributed by atoms with Crippen LogP contribution in [-0.2, 0) is 11.2 Å². The Balaban J connectivity index is 1.51. The van der Waals surface area contributed by atoms with Crippen LogP contribution in [0.5, 0.6) is 0 Å². The minimum absolute atomic E-state index is 0.0322. The van der Waals surface area contributed by atoms with Gasteiger partial charge in [-0.25, -0.2) is 8.78 Å². The van der Waals surface area contributed by atoms with Gasteiger partial charge in [-0.15, -0.1) is 0 Å². The Bertz CT molecular complexity index is 1130. The average Bonchev–Trinajstić information content (AvgIpc) is 3.10. The van der Waals surface area contributed by atoms with E-state index in [1.54, 1.807) is 0 Å². The average molecular weight is 364 g/mol. The van der Waals surface area contributed by atoms with E-state index in [0.29, 0.717) is 11.4 Å². The summed E-state index contributed by atoms with van der Waals surface area (Å²) in [6, 6.07) is 18.0. The first kappa shape index (κ1) is 16.9. The van der Waals surface area contributed by atoms with Gasteiger partial charge in [-0.1, -0.05) is 41.6 Å². The largest absolute Gasteiger partial charge is 0.356 e. The number of benzene rings is 3. The van der Waals surface area contributed by atoms with Crippen molar-refractivity contribution in [3.8, 4) is 11.3 Å². The van der Waals surface area contributed by atoms with Crippen LogP contribution < -0.4 is 5.32 Å². The number of amides is 1. The number of aromatic nitrogens is 1. The van der Waals surface area contributed by atoms with Gasteiger partial charge in [0.25, 0.3) is 0 Å². The fourth-order valence-corrected chi connectivity index (χ4v) is 2.90. The third-order valence-electron chi connectivity index (χ3n) is 4.16. The van der Waals surface area contributed by atoms with Gasteiger partial charge in [-0.3, -0.25) is 4.79 Å². The lowest BCUT2D eigenvalue weighted by Crippen LogP contribution is -2.14. The fraction of sp³-hybridized carbons (Fsp3) is 0.0476. The lowest BCUT2D eigenvalue weighted by Gasteiger charge is -2.07. The molecule has 4 aromatic rings. The maximum atomic E-state index is 13.8. The third-order valence-corrected chi connectivity index (χ3v) is 4.16. The minimum Gasteiger partial charge on any atom is -0.356 e. The standard InChI is InChI=1S/C21H14F2N2O2/c22-14-8-9-17(18(23)10-14)20-11-15(25-27-20)12-21(26)24-19-7-3-5-13-4-1-2-6-16(13)19/h1-11H,12H2,(H,24,26). The molecule has 1 heterocycles. The molecule has 0 atom stereocenters. The Morgan fingerprint density at radius 2 is 1.81 bits per heavy atom. The van der Waals surface area contributed by atoms with Crippen molar-refractivity contribution in [1.29, 1.82) is 0 Å². The number of nitrogens with one attached hydrogen (secondary N) is 1. The summed E-state index contributed by atoms with van der Waals surface area (Å²) < 4.78 is 32.0. The highest BCUT2D eigenvalue weighted by Gasteiger charge is 2.15. The van der Waals surface area contributed by atoms with Crippen LogP contribution in [0, 0.1) is 11.6 Å². The third kappa shape index (κ3) is 3.55. The number of nitrogens with zero attached hydrogens (tertiary/aromatic N) is 1. The summed E-state index contributed by atoms with van der Waals surface area (Å²) in [4.78, 5) is 12.4. The van der Waals surface area contributed by atoms with Gasteiger partial charge in [0.1, 0.15) is 11.6 Å². The van der Waals surface area contributed by atoms with E-state index in [9.17, 15) is 13.6 Å². The molecule has 0 unspecified atom stereocenters. The van der Waals surface area contributed by atoms with Crippen LogP contribution in [0.3, 0.4) is 0 Å². The van der Waals surface area contributed by atoms with Crippen molar-refractivity contribution in [1.82, 2.24) is 5.16 Å². The molecule has 0 bridgehead atoms. The second-order valence-electron chi connectivity index (χ2n) is 6.06. The number of carbonyl (C=O) groups excluding carboxylic acids is 1. The van der Waals surface area contributed by atoms with E-state index in [0.717, 1.165) is 22.9 Å². The molecule has 134 valence electrons. The molecular weight excluding hydrogens is 350 g/mol. The zero-order valence-corrected chi connectivity index (χ0v) is 14.1. The summed E-state index contributed by atoms with van der Waals surface area (Å²) >= 11 is 0. The maximum Gasteiger partial charge on any atom is 0.230 e. The van der Waals surface area contributed by atoms with Gasteiger partial charge in [0.15, 0.2) is 5.76 Å². The number of hydrogen-bond donors (Lipinski definition) is 1. The summed E-state index contributed by atoms with van der Waals surface area (Å²) in [7, 11) is 0. The summed E-state index contributed by atoms with van der Waals surface area (Å²) in [5, 5.41) is 8.61. The Morgan fingerprint density at radius 1 is 1.00 bits per heavy atom. The van der Waals surface area contributed by atoms with Gasteiger partial charge in [0, 0.05) is 23.2 Å². The highest BCUT2D eigenvalue weighted by Crippen LogP contribution is 2.25. The molecule has 1 amide bonds. The maximum absolute atomic E-state index is 13.8. The van der Waals surface area contributed by atoms with Crippen molar-refractivity contribution in [2.24, 2.45) is 0 Å². The van der Waals surface area contributed by atoms with E-state index in [1.807, 2.05) is 42.5 Å². The van der Waals surface area contributed by atoms with Crippen molar-refractivity contribution in [3.05, 3.63) is 84.1 Å². The van der Waals surface area contributed by atoms with Crippen LogP contribution in [0.2, 0.25) is 0 Å². The summed E-state index contributed by atoms with van der Waals surface area (Å²) in [5.74, 6) is -1.56. The number of rotatable bonds is 4. The van der Waals surface area contributed by atoms with E-state index < -0.39 is 11.6 Å². The van der Waals surface area contributed by atoms with Crippen LogP contribution in [0.4, 0.5) is 14.5 Å². The molecule has 1 N–H and O–H groups in total. The SMILES string of the molecule is O=C(Cc1cc(-c2ccc(F)cc2F)on1)Nc1cccc2ccccc12. The Hall–Kier alpha value is -3.54. The second-order valence-corrected chi connectivity index (χ2v) is 6.06. The molecular formula is C21H14F2N2O2. The molecule has 0 radical (unpaired) electrons. The number of anilines is 1. The second kappa shape index (κ2) is 6.99. The van der Waals surface area contributed by atoms with E-state index >= 15 is 0 Å². The van der Waals surface area contributed by atoms with Crippen LogP contribution in [0.25, 0.3) is 22.1 Å². The normalized spacial score (nSPS) is 10.9. The Labute approximate surface area is 153 Å². The van der Waals surface area contributed by atoms with Crippen LogP contribution in [0.15, 0.2) is 71.3 Å². The monoisotopic (exact) mass is 364 g/mol. The number of hydrogen-bond acceptors (Lipinski definition) is 3. The van der Waals surface area contributed by atoms with Crippen LogP contribution in [0.1, 0.15) is 5.69 Å². The van der Waals surface area contributed by atoms with E-state index in [-0.39, 0.29) is 23.7 Å². The zero-order valence-electron chi connectivity index (χ0n) is 14.1. The highest BCUT2D eigenvalue weighted by molar-refractivity contribution is 6.02. The van der Waals surface area contributed by atoms with Gasteiger partial charge >= 0.3 is 0 Å². The molecule has 0 spiro atoms. The predicted molar refractivity (Wildman–Crippen MR) is 98.1 cm³/mol. The molecule has 6 heteroatoms. The van der Waals surface area contributed by atoms with Gasteiger partial charge in [-0.2, -0.15) is 0 Å². The lowest BCUT2D eigenvalue weighted by molar-refractivity contribution is -0.115. The van der Waals surface area contributed by atoms with Gasteiger partial charge in [-0.05, 0) is 23.6 Å². The smallest absolute Gasteiger partial charge is 0.230 e. The van der Waals surface area contributed by atoms with Crippen molar-refractivity contribution in [2.45, 2.75) is 6.42 Å². The Morgan fingerprint density at radius 3 is 2.67 bits per heavy atom. The van der Waals surface area contributed by atoms with Crippen molar-refractivity contribution in [2.75, 3.05) is 5.32 Å². The van der Waals surface area contributed by atoms with Crippen LogP contribution >= 0.6 is 0 Å². The molecule has 0 aliphatic heterocycles. The first-order valence-corrected chi connectivity index (χ1v) is 8.29. The molecule has 4 rings (SSSR count). The molecule has 0 saturated heterocycles. The molecule has 4 nitrogen and oxygen atoms in total. The lowest BCUT2D eigenvalue weighted by atomic mass is 10.1. The fourth-order valence-electron chi connectivity index (χ4n) is 2.90. The minimum atomic E-state index is -0.752. The first-order chi connectivity index (χ1) is 13.1. The number of carbonyl (C=O) groups is 1. The Kier molecular flexibility index (Phi) is 4.38. The summed E-state index contributed by atoms with van der Waals surface area (Å²) in [6.07, 6.45) is -0.0322. The van der Waals surface area contributed by atoms with Gasteiger partial charge < -0.3 is 9.84 Å². The highest BCUT2D eigenvalue weighted by atomic mass is 19.1. The molecule has 0 aliphatic rings. The quantitative estimate of drug-likeness (QED) is 0.557. The van der Waals surface area contributed by atoms with Crippen LogP contribution in [-0.4, -0.2) is 11.1 Å². The number of fused-ring (bicyclic) bond motifs is 1. The number of halogens is 2.